The second kappa shape index (κ2) is 6.55. The number of aromatic amines is 1. The van der Waals surface area contributed by atoms with Gasteiger partial charge in [0.1, 0.15) is 17.8 Å². The number of allylic oxidation sites excluding steroid dienone is 1. The first-order chi connectivity index (χ1) is 13.5. The van der Waals surface area contributed by atoms with Crippen LogP contribution in [0.4, 0.5) is 0 Å². The van der Waals surface area contributed by atoms with Gasteiger partial charge in [-0.1, -0.05) is 0 Å². The number of hydrogen-bond acceptors (Lipinski definition) is 5. The van der Waals surface area contributed by atoms with Crippen LogP contribution in [0.15, 0.2) is 30.2 Å². The molecule has 6 nitrogen and oxygen atoms in total. The average molecular weight is 382 g/mol. The molecule has 6 heteroatoms. The monoisotopic (exact) mass is 382 g/mol. The quantitative estimate of drug-likeness (QED) is 0.805. The van der Waals surface area contributed by atoms with Crippen molar-refractivity contribution in [2.24, 2.45) is 11.8 Å². The Labute approximate surface area is 164 Å². The highest BCUT2D eigenvalue weighted by molar-refractivity contribution is 5.86. The SMILES string of the molecule is COc1ccc2c3c([nH]c2c1)C1CC2C(OC(C)=O)=CO[C@H](C)C2CN1CC3. The van der Waals surface area contributed by atoms with E-state index < -0.39 is 0 Å². The highest BCUT2D eigenvalue weighted by atomic mass is 16.6. The minimum atomic E-state index is -0.285. The molecule has 28 heavy (non-hydrogen) atoms. The Morgan fingerprint density at radius 3 is 3.00 bits per heavy atom. The van der Waals surface area contributed by atoms with Crippen molar-refractivity contribution in [3.05, 3.63) is 41.5 Å². The first-order valence-corrected chi connectivity index (χ1v) is 10.0. The van der Waals surface area contributed by atoms with Gasteiger partial charge in [-0.25, -0.2) is 0 Å². The molecule has 0 bridgehead atoms. The fraction of sp³-hybridized carbons (Fsp3) is 0.500. The predicted molar refractivity (Wildman–Crippen MR) is 105 cm³/mol. The molecule has 1 aromatic carbocycles. The van der Waals surface area contributed by atoms with E-state index in [-0.39, 0.29) is 18.0 Å². The normalized spacial score (nSPS) is 29.2. The van der Waals surface area contributed by atoms with E-state index in [9.17, 15) is 4.79 Å². The van der Waals surface area contributed by atoms with E-state index >= 15 is 0 Å². The van der Waals surface area contributed by atoms with Crippen LogP contribution in [-0.2, 0) is 20.7 Å². The molecule has 0 aliphatic carbocycles. The van der Waals surface area contributed by atoms with E-state index in [1.165, 1.54) is 23.6 Å². The Bertz CT molecular complexity index is 963. The van der Waals surface area contributed by atoms with Gasteiger partial charge in [-0.2, -0.15) is 0 Å². The maximum absolute atomic E-state index is 11.6. The Balaban J connectivity index is 1.52. The smallest absolute Gasteiger partial charge is 0.307 e. The first kappa shape index (κ1) is 17.6. The Hall–Kier alpha value is -2.47. The molecule has 1 aromatic heterocycles. The minimum Gasteiger partial charge on any atom is -0.497 e. The van der Waals surface area contributed by atoms with Gasteiger partial charge in [0.2, 0.25) is 0 Å². The number of methoxy groups -OCH3 is 1. The molecule has 1 N–H and O–H groups in total. The Morgan fingerprint density at radius 2 is 2.21 bits per heavy atom. The fourth-order valence-electron chi connectivity index (χ4n) is 5.26. The number of piperidine rings is 1. The topological polar surface area (TPSA) is 63.8 Å². The molecular formula is C22H26N2O4. The zero-order valence-corrected chi connectivity index (χ0v) is 16.5. The zero-order chi connectivity index (χ0) is 19.4. The van der Waals surface area contributed by atoms with Gasteiger partial charge in [-0.05, 0) is 37.5 Å². The van der Waals surface area contributed by atoms with Crippen LogP contribution < -0.4 is 4.74 Å². The molecule has 148 valence electrons. The summed E-state index contributed by atoms with van der Waals surface area (Å²) in [6, 6.07) is 6.56. The second-order valence-corrected chi connectivity index (χ2v) is 8.15. The molecule has 0 spiro atoms. The van der Waals surface area contributed by atoms with E-state index in [2.05, 4.69) is 28.9 Å². The van der Waals surface area contributed by atoms with Gasteiger partial charge in [-0.15, -0.1) is 0 Å². The molecule has 3 unspecified atom stereocenters. The molecule has 3 aliphatic heterocycles. The van der Waals surface area contributed by atoms with Crippen LogP contribution in [0.25, 0.3) is 10.9 Å². The van der Waals surface area contributed by atoms with Crippen molar-refractivity contribution in [2.75, 3.05) is 20.2 Å². The molecule has 5 rings (SSSR count). The molecule has 2 aromatic rings. The number of ether oxygens (including phenoxy) is 3. The highest BCUT2D eigenvalue weighted by Gasteiger charge is 2.46. The molecule has 0 radical (unpaired) electrons. The lowest BCUT2D eigenvalue weighted by atomic mass is 9.74. The number of rotatable bonds is 2. The lowest BCUT2D eigenvalue weighted by Crippen LogP contribution is -2.51. The van der Waals surface area contributed by atoms with Crippen molar-refractivity contribution in [1.29, 1.82) is 0 Å². The van der Waals surface area contributed by atoms with Gasteiger partial charge < -0.3 is 19.2 Å². The van der Waals surface area contributed by atoms with Gasteiger partial charge in [0.05, 0.1) is 19.3 Å². The number of carbonyl (C=O) groups is 1. The van der Waals surface area contributed by atoms with Crippen LogP contribution in [0, 0.1) is 11.8 Å². The van der Waals surface area contributed by atoms with Crippen molar-refractivity contribution in [3.63, 3.8) is 0 Å². The number of fused-ring (bicyclic) bond motifs is 6. The summed E-state index contributed by atoms with van der Waals surface area (Å²) in [7, 11) is 1.70. The van der Waals surface area contributed by atoms with Gasteiger partial charge in [0.15, 0.2) is 0 Å². The summed E-state index contributed by atoms with van der Waals surface area (Å²) in [5.74, 6) is 1.79. The number of hydrogen-bond donors (Lipinski definition) is 1. The van der Waals surface area contributed by atoms with Crippen molar-refractivity contribution in [1.82, 2.24) is 9.88 Å². The van der Waals surface area contributed by atoms with Crippen LogP contribution in [0.5, 0.6) is 5.75 Å². The van der Waals surface area contributed by atoms with Gasteiger partial charge in [-0.3, -0.25) is 9.69 Å². The summed E-state index contributed by atoms with van der Waals surface area (Å²) >= 11 is 0. The van der Waals surface area contributed by atoms with Gasteiger partial charge >= 0.3 is 5.97 Å². The lowest BCUT2D eigenvalue weighted by Gasteiger charge is -2.49. The molecule has 4 atom stereocenters. The number of nitrogens with one attached hydrogen (secondary N) is 1. The van der Waals surface area contributed by atoms with E-state index in [4.69, 9.17) is 14.2 Å². The summed E-state index contributed by atoms with van der Waals surface area (Å²) in [6.07, 6.45) is 3.74. The van der Waals surface area contributed by atoms with Crippen molar-refractivity contribution in [2.45, 2.75) is 38.8 Å². The van der Waals surface area contributed by atoms with E-state index in [0.29, 0.717) is 17.7 Å². The lowest BCUT2D eigenvalue weighted by molar-refractivity contribution is -0.141. The maximum Gasteiger partial charge on any atom is 0.307 e. The first-order valence-electron chi connectivity index (χ1n) is 10.0. The summed E-state index contributed by atoms with van der Waals surface area (Å²) in [6.45, 7) is 5.56. The highest BCUT2D eigenvalue weighted by Crippen LogP contribution is 2.47. The zero-order valence-electron chi connectivity index (χ0n) is 16.5. The average Bonchev–Trinajstić information content (AvgIpc) is 3.07. The number of H-pyrrole nitrogens is 1. The minimum absolute atomic E-state index is 0.124. The van der Waals surface area contributed by atoms with Crippen LogP contribution in [-0.4, -0.2) is 42.2 Å². The fourth-order valence-corrected chi connectivity index (χ4v) is 5.26. The number of esters is 1. The Morgan fingerprint density at radius 1 is 1.36 bits per heavy atom. The van der Waals surface area contributed by atoms with E-state index in [1.807, 2.05) is 6.07 Å². The third kappa shape index (κ3) is 2.70. The summed E-state index contributed by atoms with van der Waals surface area (Å²) in [5, 5.41) is 1.29. The molecule has 1 saturated heterocycles. The summed E-state index contributed by atoms with van der Waals surface area (Å²) in [4.78, 5) is 17.8. The van der Waals surface area contributed by atoms with Crippen LogP contribution >= 0.6 is 0 Å². The van der Waals surface area contributed by atoms with Crippen LogP contribution in [0.2, 0.25) is 0 Å². The standard InChI is InChI=1S/C22H26N2O4/c1-12-18-10-24-7-6-16-15-5-4-14(26-3)8-19(15)23-22(16)20(24)9-17(18)21(11-27-12)28-13(2)25/h4-5,8,11-12,17-18,20,23H,6-7,9-10H2,1-3H3/t12-,17?,18?,20?/m1/s1. The van der Waals surface area contributed by atoms with Crippen molar-refractivity contribution >= 4 is 16.9 Å². The molecular weight excluding hydrogens is 356 g/mol. The van der Waals surface area contributed by atoms with Crippen LogP contribution in [0.3, 0.4) is 0 Å². The molecule has 0 saturated carbocycles. The Kier molecular flexibility index (Phi) is 4.12. The van der Waals surface area contributed by atoms with Gasteiger partial charge in [0.25, 0.3) is 0 Å². The second-order valence-electron chi connectivity index (χ2n) is 8.15. The predicted octanol–water partition coefficient (Wildman–Crippen LogP) is 3.54. The van der Waals surface area contributed by atoms with Gasteiger partial charge in [0, 0.05) is 54.5 Å². The van der Waals surface area contributed by atoms with Crippen molar-refractivity contribution in [3.8, 4) is 5.75 Å². The largest absolute Gasteiger partial charge is 0.497 e. The summed E-state index contributed by atoms with van der Waals surface area (Å²) < 4.78 is 16.7. The number of aromatic nitrogens is 1. The number of carbonyl (C=O) groups excluding carboxylic acids is 1. The third-order valence-electron chi connectivity index (χ3n) is 6.64. The summed E-state index contributed by atoms with van der Waals surface area (Å²) in [5.41, 5.74) is 3.84. The molecule has 3 aliphatic rings. The van der Waals surface area contributed by atoms with E-state index in [1.54, 1.807) is 13.4 Å². The molecule has 4 heterocycles. The molecule has 1 fully saturated rings. The van der Waals surface area contributed by atoms with E-state index in [0.717, 1.165) is 37.2 Å². The molecule has 0 amide bonds. The third-order valence-corrected chi connectivity index (χ3v) is 6.64. The van der Waals surface area contributed by atoms with Crippen molar-refractivity contribution < 1.29 is 19.0 Å². The maximum atomic E-state index is 11.6. The number of benzene rings is 1. The van der Waals surface area contributed by atoms with Crippen LogP contribution in [0.1, 0.15) is 37.6 Å². The number of nitrogens with zero attached hydrogens (tertiary/aromatic N) is 1.